The van der Waals surface area contributed by atoms with Crippen molar-refractivity contribution in [2.24, 2.45) is 11.7 Å². The van der Waals surface area contributed by atoms with Gasteiger partial charge in [-0.1, -0.05) is 6.92 Å². The third-order valence-electron chi connectivity index (χ3n) is 1.73. The van der Waals surface area contributed by atoms with E-state index in [9.17, 15) is 4.79 Å². The number of thioether (sulfide) groups is 1. The van der Waals surface area contributed by atoms with Gasteiger partial charge in [0.15, 0.2) is 0 Å². The molecular weight excluding hydrogens is 198 g/mol. The van der Waals surface area contributed by atoms with Crippen molar-refractivity contribution in [2.75, 3.05) is 11.5 Å². The summed E-state index contributed by atoms with van der Waals surface area (Å²) in [6.45, 7) is 1.80. The number of carbonyl (C=O) groups is 1. The molecular formula is C9H13N3OS. The van der Waals surface area contributed by atoms with Gasteiger partial charge >= 0.3 is 0 Å². The summed E-state index contributed by atoms with van der Waals surface area (Å²) in [7, 11) is 0. The van der Waals surface area contributed by atoms with Crippen LogP contribution in [0.25, 0.3) is 0 Å². The molecule has 5 heteroatoms. The summed E-state index contributed by atoms with van der Waals surface area (Å²) in [6, 6.07) is 3.61. The summed E-state index contributed by atoms with van der Waals surface area (Å²) in [5, 5.41) is 0.854. The summed E-state index contributed by atoms with van der Waals surface area (Å²) in [6.07, 6.45) is 1.59. The third kappa shape index (κ3) is 3.26. The number of amides is 1. The van der Waals surface area contributed by atoms with Crippen molar-refractivity contribution in [1.29, 1.82) is 0 Å². The van der Waals surface area contributed by atoms with E-state index in [4.69, 9.17) is 11.5 Å². The van der Waals surface area contributed by atoms with Crippen molar-refractivity contribution in [3.05, 3.63) is 18.3 Å². The van der Waals surface area contributed by atoms with Gasteiger partial charge in [0.05, 0.1) is 16.9 Å². The van der Waals surface area contributed by atoms with Crippen LogP contribution >= 0.6 is 11.8 Å². The van der Waals surface area contributed by atoms with E-state index >= 15 is 0 Å². The molecule has 1 heterocycles. The molecule has 0 radical (unpaired) electrons. The predicted molar refractivity (Wildman–Crippen MR) is 57.7 cm³/mol. The lowest BCUT2D eigenvalue weighted by Gasteiger charge is -2.05. The zero-order valence-corrected chi connectivity index (χ0v) is 8.75. The molecule has 4 N–H and O–H groups in total. The maximum atomic E-state index is 10.7. The Morgan fingerprint density at radius 3 is 2.86 bits per heavy atom. The molecule has 1 atom stereocenters. The van der Waals surface area contributed by atoms with Gasteiger partial charge in [0.2, 0.25) is 5.91 Å². The fraction of sp³-hybridized carbons (Fsp3) is 0.333. The molecule has 0 saturated carbocycles. The van der Waals surface area contributed by atoms with Crippen LogP contribution in [0, 0.1) is 5.92 Å². The highest BCUT2D eigenvalue weighted by molar-refractivity contribution is 7.99. The first-order chi connectivity index (χ1) is 6.59. The molecule has 0 saturated heterocycles. The average Bonchev–Trinajstić information content (AvgIpc) is 2.16. The lowest BCUT2D eigenvalue weighted by Crippen LogP contribution is -2.22. The minimum absolute atomic E-state index is 0.139. The van der Waals surface area contributed by atoms with E-state index in [2.05, 4.69) is 4.98 Å². The van der Waals surface area contributed by atoms with Crippen molar-refractivity contribution < 1.29 is 4.79 Å². The number of nitrogen functional groups attached to an aromatic ring is 1. The first kappa shape index (κ1) is 10.8. The molecule has 4 nitrogen and oxygen atoms in total. The number of carbonyl (C=O) groups excluding carboxylic acids is 1. The van der Waals surface area contributed by atoms with Gasteiger partial charge in [-0.05, 0) is 12.1 Å². The fourth-order valence-electron chi connectivity index (χ4n) is 0.770. The molecule has 1 amide bonds. The van der Waals surface area contributed by atoms with Gasteiger partial charge in [0.25, 0.3) is 0 Å². The molecule has 0 aromatic carbocycles. The number of rotatable bonds is 4. The SMILES string of the molecule is CC(CSc1ccc(N)cn1)C(N)=O. The first-order valence-electron chi connectivity index (χ1n) is 4.23. The molecule has 0 aliphatic heterocycles. The van der Waals surface area contributed by atoms with E-state index in [1.807, 2.05) is 6.07 Å². The van der Waals surface area contributed by atoms with Crippen LogP contribution in [-0.2, 0) is 4.79 Å². The Bertz CT molecular complexity index is 312. The Labute approximate surface area is 87.1 Å². The van der Waals surface area contributed by atoms with Gasteiger partial charge in [0, 0.05) is 11.7 Å². The predicted octanol–water partition coefficient (Wildman–Crippen LogP) is 0.877. The van der Waals surface area contributed by atoms with Crippen LogP contribution < -0.4 is 11.5 Å². The number of pyridine rings is 1. The Morgan fingerprint density at radius 1 is 1.64 bits per heavy atom. The lowest BCUT2D eigenvalue weighted by atomic mass is 10.2. The third-order valence-corrected chi connectivity index (χ3v) is 2.93. The molecule has 0 spiro atoms. The zero-order valence-electron chi connectivity index (χ0n) is 7.93. The van der Waals surface area contributed by atoms with E-state index in [1.165, 1.54) is 11.8 Å². The highest BCUT2D eigenvalue weighted by Gasteiger charge is 2.08. The monoisotopic (exact) mass is 211 g/mol. The Hall–Kier alpha value is -1.23. The molecule has 0 fully saturated rings. The first-order valence-corrected chi connectivity index (χ1v) is 5.22. The summed E-state index contributed by atoms with van der Waals surface area (Å²) in [5.41, 5.74) is 11.3. The van der Waals surface area contributed by atoms with E-state index in [0.717, 1.165) is 5.03 Å². The van der Waals surface area contributed by atoms with Crippen LogP contribution in [0.3, 0.4) is 0 Å². The highest BCUT2D eigenvalue weighted by Crippen LogP contribution is 2.18. The second-order valence-corrected chi connectivity index (χ2v) is 4.08. The van der Waals surface area contributed by atoms with Gasteiger partial charge in [-0.15, -0.1) is 11.8 Å². The number of primary amides is 1. The Balaban J connectivity index is 2.46. The van der Waals surface area contributed by atoms with Gasteiger partial charge in [-0.2, -0.15) is 0 Å². The van der Waals surface area contributed by atoms with E-state index in [-0.39, 0.29) is 11.8 Å². The van der Waals surface area contributed by atoms with Crippen molar-refractivity contribution >= 4 is 23.4 Å². The smallest absolute Gasteiger partial charge is 0.221 e. The topological polar surface area (TPSA) is 82.0 Å². The molecule has 1 aromatic heterocycles. The van der Waals surface area contributed by atoms with Crippen molar-refractivity contribution in [3.63, 3.8) is 0 Å². The summed E-state index contributed by atoms with van der Waals surface area (Å²) in [4.78, 5) is 14.8. The van der Waals surface area contributed by atoms with Crippen LogP contribution in [0.15, 0.2) is 23.4 Å². The number of aromatic nitrogens is 1. The van der Waals surface area contributed by atoms with Crippen LogP contribution in [0.4, 0.5) is 5.69 Å². The minimum atomic E-state index is -0.284. The maximum absolute atomic E-state index is 10.7. The maximum Gasteiger partial charge on any atom is 0.221 e. The van der Waals surface area contributed by atoms with Crippen LogP contribution in [0.1, 0.15) is 6.92 Å². The number of nitrogens with zero attached hydrogens (tertiary/aromatic N) is 1. The number of hydrogen-bond donors (Lipinski definition) is 2. The van der Waals surface area contributed by atoms with E-state index in [0.29, 0.717) is 11.4 Å². The van der Waals surface area contributed by atoms with Crippen molar-refractivity contribution in [3.8, 4) is 0 Å². The highest BCUT2D eigenvalue weighted by atomic mass is 32.2. The van der Waals surface area contributed by atoms with E-state index < -0.39 is 0 Å². The van der Waals surface area contributed by atoms with Gasteiger partial charge in [0.1, 0.15) is 0 Å². The summed E-state index contributed by atoms with van der Waals surface area (Å²) >= 11 is 1.50. The minimum Gasteiger partial charge on any atom is -0.397 e. The summed E-state index contributed by atoms with van der Waals surface area (Å²) in [5.74, 6) is 0.221. The normalized spacial score (nSPS) is 12.4. The summed E-state index contributed by atoms with van der Waals surface area (Å²) < 4.78 is 0. The standard InChI is InChI=1S/C9H13N3OS/c1-6(9(11)13)5-14-8-3-2-7(10)4-12-8/h2-4,6H,5,10H2,1H3,(H2,11,13). The molecule has 0 aliphatic carbocycles. The molecule has 0 bridgehead atoms. The molecule has 1 unspecified atom stereocenters. The number of hydrogen-bond acceptors (Lipinski definition) is 4. The van der Waals surface area contributed by atoms with Crippen LogP contribution in [0.5, 0.6) is 0 Å². The Morgan fingerprint density at radius 2 is 2.36 bits per heavy atom. The molecule has 14 heavy (non-hydrogen) atoms. The van der Waals surface area contributed by atoms with Crippen molar-refractivity contribution in [2.45, 2.75) is 11.9 Å². The second kappa shape index (κ2) is 4.85. The molecule has 0 aliphatic rings. The lowest BCUT2D eigenvalue weighted by molar-refractivity contribution is -0.120. The van der Waals surface area contributed by atoms with Crippen molar-refractivity contribution in [1.82, 2.24) is 4.98 Å². The van der Waals surface area contributed by atoms with E-state index in [1.54, 1.807) is 19.2 Å². The molecule has 76 valence electrons. The van der Waals surface area contributed by atoms with Gasteiger partial charge < -0.3 is 11.5 Å². The van der Waals surface area contributed by atoms with Gasteiger partial charge in [-0.3, -0.25) is 4.79 Å². The average molecular weight is 211 g/mol. The van der Waals surface area contributed by atoms with Gasteiger partial charge in [-0.25, -0.2) is 4.98 Å². The largest absolute Gasteiger partial charge is 0.397 e. The quantitative estimate of drug-likeness (QED) is 0.724. The number of anilines is 1. The second-order valence-electron chi connectivity index (χ2n) is 3.04. The number of nitrogens with two attached hydrogens (primary N) is 2. The molecule has 1 rings (SSSR count). The zero-order chi connectivity index (χ0) is 10.6. The van der Waals surface area contributed by atoms with Crippen LogP contribution in [0.2, 0.25) is 0 Å². The Kier molecular flexibility index (Phi) is 3.76. The molecule has 1 aromatic rings. The fourth-order valence-corrected chi connectivity index (χ4v) is 1.65. The van der Waals surface area contributed by atoms with Crippen LogP contribution in [-0.4, -0.2) is 16.6 Å².